The van der Waals surface area contributed by atoms with E-state index in [1.807, 2.05) is 55.5 Å². The summed E-state index contributed by atoms with van der Waals surface area (Å²) in [5.74, 6) is 0.633. The highest BCUT2D eigenvalue weighted by molar-refractivity contribution is 6.06. The van der Waals surface area contributed by atoms with Crippen LogP contribution < -0.4 is 10.1 Å². The van der Waals surface area contributed by atoms with Gasteiger partial charge >= 0.3 is 6.03 Å². The van der Waals surface area contributed by atoms with Crippen LogP contribution in [-0.2, 0) is 17.8 Å². The van der Waals surface area contributed by atoms with Crippen LogP contribution in [-0.4, -0.2) is 29.5 Å². The van der Waals surface area contributed by atoms with Crippen molar-refractivity contribution in [3.8, 4) is 5.75 Å². The van der Waals surface area contributed by atoms with E-state index in [0.29, 0.717) is 19.4 Å². The summed E-state index contributed by atoms with van der Waals surface area (Å²) in [5, 5.41) is 2.88. The van der Waals surface area contributed by atoms with Gasteiger partial charge in [-0.1, -0.05) is 36.4 Å². The summed E-state index contributed by atoms with van der Waals surface area (Å²) < 4.78 is 5.16. The average Bonchev–Trinajstić information content (AvgIpc) is 2.86. The fraction of sp³-hybridized carbons (Fsp3) is 0.333. The Kier molecular flexibility index (Phi) is 4.98. The molecule has 5 heteroatoms. The predicted molar refractivity (Wildman–Crippen MR) is 100.0 cm³/mol. The number of rotatable bonds is 6. The predicted octanol–water partition coefficient (Wildman–Crippen LogP) is 3.45. The minimum Gasteiger partial charge on any atom is -0.497 e. The van der Waals surface area contributed by atoms with E-state index in [0.717, 1.165) is 22.4 Å². The smallest absolute Gasteiger partial charge is 0.325 e. The SMILES string of the molecule is COc1ccc(CC[C@@]2(C)NC(=O)N(Cc3ccccc3C)C2=O)cc1. The van der Waals surface area contributed by atoms with E-state index in [2.05, 4.69) is 5.32 Å². The first-order chi connectivity index (χ1) is 12.4. The number of benzene rings is 2. The molecule has 1 aliphatic heterocycles. The maximum absolute atomic E-state index is 12.9. The van der Waals surface area contributed by atoms with Crippen LogP contribution in [0.5, 0.6) is 5.75 Å². The van der Waals surface area contributed by atoms with Crippen molar-refractivity contribution in [1.82, 2.24) is 10.2 Å². The van der Waals surface area contributed by atoms with E-state index in [9.17, 15) is 9.59 Å². The summed E-state index contributed by atoms with van der Waals surface area (Å²) in [5.41, 5.74) is 2.28. The van der Waals surface area contributed by atoms with E-state index in [-0.39, 0.29) is 11.9 Å². The van der Waals surface area contributed by atoms with Gasteiger partial charge in [-0.25, -0.2) is 4.79 Å². The van der Waals surface area contributed by atoms with Crippen molar-refractivity contribution in [2.45, 2.75) is 38.8 Å². The Morgan fingerprint density at radius 1 is 1.08 bits per heavy atom. The number of carbonyl (C=O) groups excluding carboxylic acids is 2. The molecule has 5 nitrogen and oxygen atoms in total. The standard InChI is InChI=1S/C21H24N2O3/c1-15-6-4-5-7-17(15)14-23-19(24)21(2,22-20(23)25)13-12-16-8-10-18(26-3)11-9-16/h4-11H,12-14H2,1-3H3,(H,22,25)/t21-/m1/s1. The van der Waals surface area contributed by atoms with Crippen molar-refractivity contribution < 1.29 is 14.3 Å². The van der Waals surface area contributed by atoms with Gasteiger partial charge in [-0.15, -0.1) is 0 Å². The van der Waals surface area contributed by atoms with Gasteiger partial charge in [0.25, 0.3) is 5.91 Å². The van der Waals surface area contributed by atoms with Crippen LogP contribution in [0.15, 0.2) is 48.5 Å². The lowest BCUT2D eigenvalue weighted by Gasteiger charge is -2.22. The zero-order chi connectivity index (χ0) is 18.7. The van der Waals surface area contributed by atoms with Crippen LogP contribution in [0.25, 0.3) is 0 Å². The van der Waals surface area contributed by atoms with Gasteiger partial charge in [0.1, 0.15) is 11.3 Å². The number of hydrogen-bond donors (Lipinski definition) is 1. The van der Waals surface area contributed by atoms with Crippen molar-refractivity contribution in [1.29, 1.82) is 0 Å². The van der Waals surface area contributed by atoms with Gasteiger partial charge in [-0.05, 0) is 55.5 Å². The third-order valence-electron chi connectivity index (χ3n) is 5.01. The van der Waals surface area contributed by atoms with E-state index in [1.54, 1.807) is 14.0 Å². The zero-order valence-electron chi connectivity index (χ0n) is 15.4. The number of urea groups is 1. The molecule has 0 saturated carbocycles. The third-order valence-corrected chi connectivity index (χ3v) is 5.01. The number of nitrogens with one attached hydrogen (secondary N) is 1. The number of imide groups is 1. The van der Waals surface area contributed by atoms with Crippen LogP contribution in [0.2, 0.25) is 0 Å². The fourth-order valence-corrected chi connectivity index (χ4v) is 3.20. The maximum Gasteiger partial charge on any atom is 0.325 e. The number of aryl methyl sites for hydroxylation is 2. The lowest BCUT2D eigenvalue weighted by molar-refractivity contribution is -0.131. The summed E-state index contributed by atoms with van der Waals surface area (Å²) >= 11 is 0. The quantitative estimate of drug-likeness (QED) is 0.810. The molecule has 26 heavy (non-hydrogen) atoms. The van der Waals surface area contributed by atoms with Gasteiger partial charge in [0.2, 0.25) is 0 Å². The highest BCUT2D eigenvalue weighted by Gasteiger charge is 2.47. The number of hydrogen-bond acceptors (Lipinski definition) is 3. The van der Waals surface area contributed by atoms with Gasteiger partial charge in [-0.3, -0.25) is 9.69 Å². The lowest BCUT2D eigenvalue weighted by atomic mass is 9.93. The molecule has 0 aliphatic carbocycles. The Morgan fingerprint density at radius 3 is 2.42 bits per heavy atom. The molecule has 0 spiro atoms. The molecule has 1 saturated heterocycles. The minimum atomic E-state index is -0.875. The first kappa shape index (κ1) is 18.0. The molecule has 1 fully saturated rings. The summed E-state index contributed by atoms with van der Waals surface area (Å²) in [6, 6.07) is 15.2. The molecule has 1 N–H and O–H groups in total. The third kappa shape index (κ3) is 3.57. The first-order valence-electron chi connectivity index (χ1n) is 8.74. The molecule has 1 atom stereocenters. The summed E-state index contributed by atoms with van der Waals surface area (Å²) in [4.78, 5) is 26.6. The van der Waals surface area contributed by atoms with Crippen molar-refractivity contribution >= 4 is 11.9 Å². The Morgan fingerprint density at radius 2 is 1.77 bits per heavy atom. The van der Waals surface area contributed by atoms with Gasteiger partial charge in [0.15, 0.2) is 0 Å². The molecule has 0 unspecified atom stereocenters. The Bertz CT molecular complexity index is 816. The van der Waals surface area contributed by atoms with Gasteiger partial charge in [0.05, 0.1) is 13.7 Å². The second kappa shape index (κ2) is 7.20. The molecule has 136 valence electrons. The van der Waals surface area contributed by atoms with Crippen LogP contribution in [0.1, 0.15) is 30.0 Å². The monoisotopic (exact) mass is 352 g/mol. The topological polar surface area (TPSA) is 58.6 Å². The van der Waals surface area contributed by atoms with E-state index >= 15 is 0 Å². The van der Waals surface area contributed by atoms with Gasteiger partial charge < -0.3 is 10.1 Å². The molecule has 0 radical (unpaired) electrons. The molecule has 1 heterocycles. The number of methoxy groups -OCH3 is 1. The molecular weight excluding hydrogens is 328 g/mol. The van der Waals surface area contributed by atoms with Crippen LogP contribution in [0, 0.1) is 6.92 Å². The molecule has 0 bridgehead atoms. The highest BCUT2D eigenvalue weighted by atomic mass is 16.5. The Balaban J connectivity index is 1.69. The summed E-state index contributed by atoms with van der Waals surface area (Å²) in [6.45, 7) is 4.08. The first-order valence-corrected chi connectivity index (χ1v) is 8.74. The summed E-state index contributed by atoms with van der Waals surface area (Å²) in [6.07, 6.45) is 1.25. The van der Waals surface area contributed by atoms with E-state index in [4.69, 9.17) is 4.74 Å². The minimum absolute atomic E-state index is 0.167. The normalized spacial score (nSPS) is 19.6. The lowest BCUT2D eigenvalue weighted by Crippen LogP contribution is -2.44. The van der Waals surface area contributed by atoms with Crippen LogP contribution in [0.3, 0.4) is 0 Å². The van der Waals surface area contributed by atoms with Crippen molar-refractivity contribution in [2.75, 3.05) is 7.11 Å². The molecule has 0 aromatic heterocycles. The molecule has 2 aromatic rings. The maximum atomic E-state index is 12.9. The molecular formula is C21H24N2O3. The van der Waals surface area contributed by atoms with Crippen molar-refractivity contribution in [3.63, 3.8) is 0 Å². The molecule has 3 rings (SSSR count). The number of nitrogens with zero attached hydrogens (tertiary/aromatic N) is 1. The molecule has 2 aromatic carbocycles. The van der Waals surface area contributed by atoms with Gasteiger partial charge in [0, 0.05) is 0 Å². The van der Waals surface area contributed by atoms with E-state index < -0.39 is 5.54 Å². The number of amides is 3. The fourth-order valence-electron chi connectivity index (χ4n) is 3.20. The van der Waals surface area contributed by atoms with Crippen LogP contribution in [0.4, 0.5) is 4.79 Å². The van der Waals surface area contributed by atoms with Crippen LogP contribution >= 0.6 is 0 Å². The van der Waals surface area contributed by atoms with Crippen molar-refractivity contribution in [2.24, 2.45) is 0 Å². The second-order valence-electron chi connectivity index (χ2n) is 6.93. The Hall–Kier alpha value is -2.82. The molecule has 1 aliphatic rings. The zero-order valence-corrected chi connectivity index (χ0v) is 15.4. The number of carbonyl (C=O) groups is 2. The van der Waals surface area contributed by atoms with E-state index in [1.165, 1.54) is 4.90 Å². The largest absolute Gasteiger partial charge is 0.497 e. The second-order valence-corrected chi connectivity index (χ2v) is 6.93. The van der Waals surface area contributed by atoms with Gasteiger partial charge in [-0.2, -0.15) is 0 Å². The summed E-state index contributed by atoms with van der Waals surface area (Å²) in [7, 11) is 1.63. The molecule has 3 amide bonds. The number of ether oxygens (including phenoxy) is 1. The average molecular weight is 352 g/mol. The van der Waals surface area contributed by atoms with Crippen molar-refractivity contribution in [3.05, 3.63) is 65.2 Å². The highest BCUT2D eigenvalue weighted by Crippen LogP contribution is 2.26. The Labute approximate surface area is 154 Å².